The maximum Gasteiger partial charge on any atom is 0.277 e. The molecule has 3 aromatic rings. The number of nitrogens with one attached hydrogen (secondary N) is 1. The fourth-order valence-corrected chi connectivity index (χ4v) is 3.09. The second kappa shape index (κ2) is 7.86. The van der Waals surface area contributed by atoms with Crippen LogP contribution in [-0.4, -0.2) is 26.3 Å². The third-order valence-electron chi connectivity index (χ3n) is 3.17. The average molecular weight is 395 g/mol. The fraction of sp³-hybridized carbons (Fsp3) is 0.125. The summed E-state index contributed by atoms with van der Waals surface area (Å²) in [5.41, 5.74) is 1.09. The summed E-state index contributed by atoms with van der Waals surface area (Å²) in [5, 5.41) is 11.1. The Morgan fingerprint density at radius 3 is 2.64 bits per heavy atom. The summed E-state index contributed by atoms with van der Waals surface area (Å²) in [6, 6.07) is 8.59. The van der Waals surface area contributed by atoms with Crippen molar-refractivity contribution in [2.45, 2.75) is 17.4 Å². The van der Waals surface area contributed by atoms with Crippen LogP contribution >= 0.6 is 35.0 Å². The summed E-state index contributed by atoms with van der Waals surface area (Å²) < 4.78 is 5.56. The minimum Gasteiger partial charge on any atom is -0.411 e. The molecule has 3 rings (SSSR count). The smallest absolute Gasteiger partial charge is 0.277 e. The van der Waals surface area contributed by atoms with Gasteiger partial charge in [-0.25, -0.2) is 0 Å². The molecule has 1 amide bonds. The first-order chi connectivity index (χ1) is 12.0. The number of para-hydroxylation sites is 1. The quantitative estimate of drug-likeness (QED) is 0.638. The van der Waals surface area contributed by atoms with Crippen LogP contribution < -0.4 is 5.32 Å². The van der Waals surface area contributed by atoms with E-state index in [1.807, 2.05) is 6.07 Å². The summed E-state index contributed by atoms with van der Waals surface area (Å²) in [7, 11) is 0. The lowest BCUT2D eigenvalue weighted by Gasteiger charge is -2.12. The molecule has 0 saturated heterocycles. The zero-order chi connectivity index (χ0) is 17.8. The second-order valence-corrected chi connectivity index (χ2v) is 7.07. The van der Waals surface area contributed by atoms with Crippen molar-refractivity contribution >= 4 is 46.6 Å². The van der Waals surface area contributed by atoms with E-state index in [0.29, 0.717) is 27.2 Å². The van der Waals surface area contributed by atoms with Gasteiger partial charge in [-0.3, -0.25) is 9.78 Å². The largest absolute Gasteiger partial charge is 0.411 e. The molecule has 0 aliphatic carbocycles. The van der Waals surface area contributed by atoms with Crippen molar-refractivity contribution in [1.82, 2.24) is 15.2 Å². The molecule has 1 aromatic carbocycles. The molecule has 2 heterocycles. The van der Waals surface area contributed by atoms with E-state index in [9.17, 15) is 4.79 Å². The Morgan fingerprint density at radius 1 is 1.20 bits per heavy atom. The number of amides is 1. The van der Waals surface area contributed by atoms with Crippen molar-refractivity contribution in [3.63, 3.8) is 0 Å². The maximum absolute atomic E-state index is 12.3. The predicted molar refractivity (Wildman–Crippen MR) is 97.9 cm³/mol. The van der Waals surface area contributed by atoms with E-state index >= 15 is 0 Å². The highest BCUT2D eigenvalue weighted by Gasteiger charge is 2.20. The molecule has 2 aromatic heterocycles. The molecule has 0 radical (unpaired) electrons. The van der Waals surface area contributed by atoms with Crippen molar-refractivity contribution in [3.05, 3.63) is 52.8 Å². The second-order valence-electron chi connectivity index (χ2n) is 4.96. The normalized spacial score (nSPS) is 12.0. The summed E-state index contributed by atoms with van der Waals surface area (Å²) >= 11 is 13.3. The number of aromatic nitrogens is 3. The number of hydrogen-bond acceptors (Lipinski definition) is 6. The van der Waals surface area contributed by atoms with Crippen LogP contribution in [0.3, 0.4) is 0 Å². The molecule has 0 fully saturated rings. The highest BCUT2D eigenvalue weighted by molar-refractivity contribution is 8.00. The number of carbonyl (C=O) groups is 1. The molecular formula is C16H12Cl2N4O2S. The van der Waals surface area contributed by atoms with Crippen LogP contribution in [0.5, 0.6) is 0 Å². The number of carbonyl (C=O) groups excluding carboxylic acids is 1. The highest BCUT2D eigenvalue weighted by atomic mass is 35.5. The number of halogens is 2. The van der Waals surface area contributed by atoms with Gasteiger partial charge in [0.1, 0.15) is 0 Å². The van der Waals surface area contributed by atoms with Gasteiger partial charge in [0.05, 0.1) is 26.5 Å². The van der Waals surface area contributed by atoms with Crippen LogP contribution in [0, 0.1) is 0 Å². The Kier molecular flexibility index (Phi) is 5.57. The fourth-order valence-electron chi connectivity index (χ4n) is 1.91. The van der Waals surface area contributed by atoms with Gasteiger partial charge in [0, 0.05) is 12.4 Å². The number of rotatable bonds is 5. The van der Waals surface area contributed by atoms with E-state index in [0.717, 1.165) is 11.8 Å². The van der Waals surface area contributed by atoms with Crippen LogP contribution in [0.25, 0.3) is 11.5 Å². The van der Waals surface area contributed by atoms with Gasteiger partial charge in [0.2, 0.25) is 11.8 Å². The first kappa shape index (κ1) is 17.7. The van der Waals surface area contributed by atoms with Gasteiger partial charge in [0.15, 0.2) is 0 Å². The summed E-state index contributed by atoms with van der Waals surface area (Å²) in [6.07, 6.45) is 3.28. The van der Waals surface area contributed by atoms with Crippen molar-refractivity contribution in [3.8, 4) is 11.5 Å². The molecule has 0 bridgehead atoms. The maximum atomic E-state index is 12.3. The Labute approximate surface area is 158 Å². The average Bonchev–Trinajstić information content (AvgIpc) is 3.07. The summed E-state index contributed by atoms with van der Waals surface area (Å²) in [4.78, 5) is 16.3. The molecule has 6 nitrogen and oxygen atoms in total. The van der Waals surface area contributed by atoms with Crippen molar-refractivity contribution in [1.29, 1.82) is 0 Å². The minimum atomic E-state index is -0.491. The number of pyridine rings is 1. The van der Waals surface area contributed by atoms with E-state index in [4.69, 9.17) is 27.6 Å². The Morgan fingerprint density at radius 2 is 1.96 bits per heavy atom. The molecular weight excluding hydrogens is 383 g/mol. The molecule has 9 heteroatoms. The van der Waals surface area contributed by atoms with E-state index in [1.54, 1.807) is 43.6 Å². The molecule has 0 unspecified atom stereocenters. The Bertz CT molecular complexity index is 869. The SMILES string of the molecule is C[C@@H](Sc1nnc(-c2cccnc2)o1)C(=O)Nc1c(Cl)cccc1Cl. The Hall–Kier alpha value is -2.09. The number of anilines is 1. The molecule has 0 aliphatic heterocycles. The predicted octanol–water partition coefficient (Wildman–Crippen LogP) is 4.56. The van der Waals surface area contributed by atoms with Crippen LogP contribution in [0.15, 0.2) is 52.4 Å². The van der Waals surface area contributed by atoms with E-state index in [2.05, 4.69) is 20.5 Å². The van der Waals surface area contributed by atoms with Crippen molar-refractivity contribution < 1.29 is 9.21 Å². The van der Waals surface area contributed by atoms with Crippen LogP contribution in [0.2, 0.25) is 10.0 Å². The monoisotopic (exact) mass is 394 g/mol. The lowest BCUT2D eigenvalue weighted by Crippen LogP contribution is -2.22. The van der Waals surface area contributed by atoms with Gasteiger partial charge in [-0.1, -0.05) is 41.0 Å². The molecule has 1 N–H and O–H groups in total. The minimum absolute atomic E-state index is 0.277. The van der Waals surface area contributed by atoms with Gasteiger partial charge in [-0.05, 0) is 31.2 Å². The lowest BCUT2D eigenvalue weighted by molar-refractivity contribution is -0.115. The van der Waals surface area contributed by atoms with E-state index in [1.165, 1.54) is 0 Å². The van der Waals surface area contributed by atoms with Crippen molar-refractivity contribution in [2.24, 2.45) is 0 Å². The zero-order valence-corrected chi connectivity index (χ0v) is 15.3. The van der Waals surface area contributed by atoms with Gasteiger partial charge in [-0.15, -0.1) is 10.2 Å². The number of nitrogens with zero attached hydrogens (tertiary/aromatic N) is 3. The number of thioether (sulfide) groups is 1. The number of benzene rings is 1. The zero-order valence-electron chi connectivity index (χ0n) is 12.9. The van der Waals surface area contributed by atoms with Crippen molar-refractivity contribution in [2.75, 3.05) is 5.32 Å². The standard InChI is InChI=1S/C16H12Cl2N4O2S/c1-9(14(23)20-13-11(17)5-2-6-12(13)18)25-16-22-21-15(24-16)10-4-3-7-19-8-10/h2-9H,1H3,(H,20,23)/t9-/m1/s1. The summed E-state index contributed by atoms with van der Waals surface area (Å²) in [5.74, 6) is 0.0680. The highest BCUT2D eigenvalue weighted by Crippen LogP contribution is 2.31. The van der Waals surface area contributed by atoms with Gasteiger partial charge in [0.25, 0.3) is 5.22 Å². The molecule has 0 saturated carbocycles. The van der Waals surface area contributed by atoms with Gasteiger partial charge in [-0.2, -0.15) is 0 Å². The van der Waals surface area contributed by atoms with E-state index < -0.39 is 5.25 Å². The van der Waals surface area contributed by atoms with Crippen LogP contribution in [0.1, 0.15) is 6.92 Å². The lowest BCUT2D eigenvalue weighted by atomic mass is 10.3. The Balaban J connectivity index is 1.67. The summed E-state index contributed by atoms with van der Waals surface area (Å²) in [6.45, 7) is 1.72. The van der Waals surface area contributed by atoms with Crippen LogP contribution in [0.4, 0.5) is 5.69 Å². The molecule has 0 spiro atoms. The first-order valence-electron chi connectivity index (χ1n) is 7.20. The van der Waals surface area contributed by atoms with Gasteiger partial charge < -0.3 is 9.73 Å². The third kappa shape index (κ3) is 4.31. The van der Waals surface area contributed by atoms with Gasteiger partial charge >= 0.3 is 0 Å². The third-order valence-corrected chi connectivity index (χ3v) is 4.74. The topological polar surface area (TPSA) is 80.9 Å². The molecule has 0 aliphatic rings. The first-order valence-corrected chi connectivity index (χ1v) is 8.83. The van der Waals surface area contributed by atoms with E-state index in [-0.39, 0.29) is 11.1 Å². The molecule has 1 atom stereocenters. The molecule has 128 valence electrons. The molecule has 25 heavy (non-hydrogen) atoms. The van der Waals surface area contributed by atoms with Crippen LogP contribution in [-0.2, 0) is 4.79 Å². The number of hydrogen-bond donors (Lipinski definition) is 1.